The van der Waals surface area contributed by atoms with Crippen molar-refractivity contribution in [2.45, 2.75) is 31.7 Å². The third-order valence-electron chi connectivity index (χ3n) is 3.01. The van der Waals surface area contributed by atoms with E-state index in [4.69, 9.17) is 16.7 Å². The zero-order valence-electron chi connectivity index (χ0n) is 12.0. The molecule has 1 aromatic rings. The minimum Gasteiger partial charge on any atom is -0.480 e. The van der Waals surface area contributed by atoms with Crippen LogP contribution in [-0.4, -0.2) is 30.5 Å². The summed E-state index contributed by atoms with van der Waals surface area (Å²) in [6.07, 6.45) is 0. The highest BCUT2D eigenvalue weighted by atomic mass is 35.5. The Bertz CT molecular complexity index is 717. The maximum absolute atomic E-state index is 12.2. The van der Waals surface area contributed by atoms with Crippen LogP contribution in [0, 0.1) is 23.0 Å². The van der Waals surface area contributed by atoms with Crippen molar-refractivity contribution in [3.8, 4) is 0 Å². The number of nitrogens with zero attached hydrogens (tertiary/aromatic N) is 1. The van der Waals surface area contributed by atoms with E-state index < -0.39 is 43.5 Å². The van der Waals surface area contributed by atoms with Gasteiger partial charge in [-0.05, 0) is 18.9 Å². The minimum absolute atomic E-state index is 0.0917. The van der Waals surface area contributed by atoms with Crippen LogP contribution in [0.5, 0.6) is 0 Å². The van der Waals surface area contributed by atoms with Gasteiger partial charge in [-0.1, -0.05) is 25.4 Å². The van der Waals surface area contributed by atoms with Gasteiger partial charge in [0.1, 0.15) is 6.04 Å². The molecular formula is C12H15ClN2O6S. The van der Waals surface area contributed by atoms with Crippen molar-refractivity contribution in [1.29, 1.82) is 0 Å². The molecule has 0 aliphatic carbocycles. The lowest BCUT2D eigenvalue weighted by Gasteiger charge is -2.18. The second-order valence-corrected chi connectivity index (χ2v) is 7.11. The Kier molecular flexibility index (Phi) is 5.49. The minimum atomic E-state index is -4.26. The molecule has 0 saturated heterocycles. The van der Waals surface area contributed by atoms with E-state index in [1.165, 1.54) is 20.8 Å². The van der Waals surface area contributed by atoms with Crippen LogP contribution in [0.3, 0.4) is 0 Å². The number of nitrogens with one attached hydrogen (secondary N) is 1. The Hall–Kier alpha value is -1.71. The van der Waals surface area contributed by atoms with Gasteiger partial charge in [0.05, 0.1) is 14.8 Å². The van der Waals surface area contributed by atoms with Crippen molar-refractivity contribution in [3.05, 3.63) is 32.8 Å². The maximum Gasteiger partial charge on any atom is 0.322 e. The Morgan fingerprint density at radius 1 is 1.41 bits per heavy atom. The molecule has 1 aromatic carbocycles. The number of carbonyl (C=O) groups is 1. The van der Waals surface area contributed by atoms with Crippen molar-refractivity contribution in [2.75, 3.05) is 0 Å². The molecule has 2 N–H and O–H groups in total. The molecule has 0 aliphatic heterocycles. The predicted octanol–water partition coefficient (Wildman–Crippen LogP) is 1.94. The molecule has 0 aromatic heterocycles. The van der Waals surface area contributed by atoms with Gasteiger partial charge in [0.25, 0.3) is 5.69 Å². The molecule has 22 heavy (non-hydrogen) atoms. The van der Waals surface area contributed by atoms with Crippen molar-refractivity contribution in [1.82, 2.24) is 4.72 Å². The monoisotopic (exact) mass is 350 g/mol. The highest BCUT2D eigenvalue weighted by Gasteiger charge is 2.30. The molecule has 1 atom stereocenters. The summed E-state index contributed by atoms with van der Waals surface area (Å²) >= 11 is 5.82. The number of rotatable bonds is 6. The third kappa shape index (κ3) is 3.93. The second-order valence-electron chi connectivity index (χ2n) is 4.99. The summed E-state index contributed by atoms with van der Waals surface area (Å²) < 4.78 is 26.5. The summed E-state index contributed by atoms with van der Waals surface area (Å²) in [6, 6.07) is 0.540. The fourth-order valence-electron chi connectivity index (χ4n) is 1.69. The van der Waals surface area contributed by atoms with Gasteiger partial charge in [0.15, 0.2) is 0 Å². The van der Waals surface area contributed by atoms with E-state index in [9.17, 15) is 23.3 Å². The standard InChI is InChI=1S/C12H15ClN2O6S/c1-6(2)11(12(16)17)14-22(20,21)8-4-9(13)7(3)10(5-8)15(18)19/h4-6,11,14H,1-3H3,(H,16,17)/t11-/m1/s1. The number of nitro benzene ring substituents is 1. The first-order valence-corrected chi connectivity index (χ1v) is 8.03. The SMILES string of the molecule is Cc1c(Cl)cc(S(=O)(=O)N[C@@H](C(=O)O)C(C)C)cc1[N+](=O)[O-]. The van der Waals surface area contributed by atoms with Crippen molar-refractivity contribution in [3.63, 3.8) is 0 Å². The zero-order chi connectivity index (χ0) is 17.2. The Morgan fingerprint density at radius 2 is 1.95 bits per heavy atom. The lowest BCUT2D eigenvalue weighted by Crippen LogP contribution is -2.44. The molecule has 0 radical (unpaired) electrons. The van der Waals surface area contributed by atoms with Crippen molar-refractivity contribution >= 4 is 33.3 Å². The van der Waals surface area contributed by atoms with Crippen LogP contribution in [0.2, 0.25) is 5.02 Å². The molecule has 0 bridgehead atoms. The highest BCUT2D eigenvalue weighted by molar-refractivity contribution is 7.89. The summed E-state index contributed by atoms with van der Waals surface area (Å²) in [7, 11) is -4.26. The number of halogens is 1. The summed E-state index contributed by atoms with van der Waals surface area (Å²) in [5.74, 6) is -1.85. The molecule has 0 spiro atoms. The largest absolute Gasteiger partial charge is 0.480 e. The highest BCUT2D eigenvalue weighted by Crippen LogP contribution is 2.29. The van der Waals surface area contributed by atoms with E-state index in [2.05, 4.69) is 0 Å². The Balaban J connectivity index is 3.35. The first-order valence-electron chi connectivity index (χ1n) is 6.17. The Morgan fingerprint density at radius 3 is 2.36 bits per heavy atom. The molecular weight excluding hydrogens is 336 g/mol. The van der Waals surface area contributed by atoms with Crippen LogP contribution in [0.25, 0.3) is 0 Å². The van der Waals surface area contributed by atoms with Gasteiger partial charge < -0.3 is 5.11 Å². The number of aliphatic carboxylic acids is 1. The first-order chi connectivity index (χ1) is 9.97. The fourth-order valence-corrected chi connectivity index (χ4v) is 3.35. The van der Waals surface area contributed by atoms with Gasteiger partial charge in [-0.15, -0.1) is 0 Å². The lowest BCUT2D eigenvalue weighted by molar-refractivity contribution is -0.385. The lowest BCUT2D eigenvalue weighted by atomic mass is 10.1. The van der Waals surface area contributed by atoms with Gasteiger partial charge in [-0.2, -0.15) is 4.72 Å². The summed E-state index contributed by atoms with van der Waals surface area (Å²) in [5.41, 5.74) is -0.325. The zero-order valence-corrected chi connectivity index (χ0v) is 13.6. The molecule has 0 aliphatic rings. The van der Waals surface area contributed by atoms with Crippen LogP contribution < -0.4 is 4.72 Å². The average Bonchev–Trinajstić information content (AvgIpc) is 2.37. The topological polar surface area (TPSA) is 127 Å². The quantitative estimate of drug-likeness (QED) is 0.596. The van der Waals surface area contributed by atoms with Gasteiger partial charge in [0.2, 0.25) is 10.0 Å². The molecule has 0 saturated carbocycles. The van der Waals surface area contributed by atoms with E-state index in [0.717, 1.165) is 12.1 Å². The van der Waals surface area contributed by atoms with Crippen LogP contribution in [0.1, 0.15) is 19.4 Å². The second kappa shape index (κ2) is 6.59. The van der Waals surface area contributed by atoms with E-state index >= 15 is 0 Å². The normalized spacial score (nSPS) is 13.1. The van der Waals surface area contributed by atoms with Crippen LogP contribution in [0.15, 0.2) is 17.0 Å². The van der Waals surface area contributed by atoms with Crippen molar-refractivity contribution < 1.29 is 23.2 Å². The number of nitro groups is 1. The third-order valence-corrected chi connectivity index (χ3v) is 4.83. The van der Waals surface area contributed by atoms with Crippen LogP contribution >= 0.6 is 11.6 Å². The molecule has 1 rings (SSSR count). The molecule has 8 nitrogen and oxygen atoms in total. The number of benzene rings is 1. The fraction of sp³-hybridized carbons (Fsp3) is 0.417. The van der Waals surface area contributed by atoms with Crippen LogP contribution in [0.4, 0.5) is 5.69 Å². The number of carboxylic acids is 1. The maximum atomic E-state index is 12.2. The van der Waals surface area contributed by atoms with E-state index in [1.807, 2.05) is 4.72 Å². The summed E-state index contributed by atoms with van der Waals surface area (Å²) in [4.78, 5) is 20.8. The van der Waals surface area contributed by atoms with E-state index in [1.54, 1.807) is 0 Å². The number of sulfonamides is 1. The van der Waals surface area contributed by atoms with Crippen molar-refractivity contribution in [2.24, 2.45) is 5.92 Å². The Labute approximate surface area is 132 Å². The van der Waals surface area contributed by atoms with Gasteiger partial charge in [0, 0.05) is 11.6 Å². The van der Waals surface area contributed by atoms with E-state index in [0.29, 0.717) is 0 Å². The average molecular weight is 351 g/mol. The number of hydrogen-bond donors (Lipinski definition) is 2. The summed E-state index contributed by atoms with van der Waals surface area (Å²) in [5, 5.41) is 19.9. The molecule has 122 valence electrons. The molecule has 0 amide bonds. The molecule has 0 unspecified atom stereocenters. The van der Waals surface area contributed by atoms with Crippen LogP contribution in [-0.2, 0) is 14.8 Å². The number of hydrogen-bond acceptors (Lipinski definition) is 5. The van der Waals surface area contributed by atoms with Gasteiger partial charge in [-0.25, -0.2) is 8.42 Å². The molecule has 0 heterocycles. The molecule has 0 fully saturated rings. The van der Waals surface area contributed by atoms with Gasteiger partial charge >= 0.3 is 5.97 Å². The number of carboxylic acid groups (broad SMARTS) is 1. The van der Waals surface area contributed by atoms with Gasteiger partial charge in [-0.3, -0.25) is 14.9 Å². The smallest absolute Gasteiger partial charge is 0.322 e. The van der Waals surface area contributed by atoms with E-state index in [-0.39, 0.29) is 10.6 Å². The summed E-state index contributed by atoms with van der Waals surface area (Å²) in [6.45, 7) is 4.45. The molecule has 10 heteroatoms. The first kappa shape index (κ1) is 18.3. The predicted molar refractivity (Wildman–Crippen MR) is 79.4 cm³/mol.